The third-order valence-corrected chi connectivity index (χ3v) is 3.75. The molecular weight excluding hydrogens is 338 g/mol. The van der Waals surface area contributed by atoms with Gasteiger partial charge in [0.2, 0.25) is 6.41 Å². The molecule has 9 heteroatoms. The van der Waals surface area contributed by atoms with Crippen molar-refractivity contribution in [2.24, 2.45) is 0 Å². The summed E-state index contributed by atoms with van der Waals surface area (Å²) >= 11 is 0. The maximum Gasteiger partial charge on any atom is 0.407 e. The number of carbonyl (C=O) groups excluding carboxylic acids is 2. The molecule has 1 aliphatic heterocycles. The highest BCUT2D eigenvalue weighted by atomic mass is 16.6. The van der Waals surface area contributed by atoms with E-state index in [1.165, 1.54) is 0 Å². The lowest BCUT2D eigenvalue weighted by Crippen LogP contribution is -2.43. The van der Waals surface area contributed by atoms with E-state index < -0.39 is 17.7 Å². The van der Waals surface area contributed by atoms with Gasteiger partial charge in [-0.15, -0.1) is 0 Å². The molecule has 1 unspecified atom stereocenters. The molecule has 0 spiro atoms. The quantitative estimate of drug-likeness (QED) is 0.442. The first-order chi connectivity index (χ1) is 12.2. The first-order valence-electron chi connectivity index (χ1n) is 8.51. The Bertz CT molecular complexity index is 664. The summed E-state index contributed by atoms with van der Waals surface area (Å²) in [6, 6.07) is 1.46. The zero-order valence-corrected chi connectivity index (χ0v) is 15.7. The molecule has 0 aliphatic carbocycles. The van der Waals surface area contributed by atoms with Gasteiger partial charge in [-0.1, -0.05) is 0 Å². The first-order valence-corrected chi connectivity index (χ1v) is 8.51. The molecule has 26 heavy (non-hydrogen) atoms. The second kappa shape index (κ2) is 8.33. The van der Waals surface area contributed by atoms with Crippen molar-refractivity contribution in [3.05, 3.63) is 24.0 Å². The van der Waals surface area contributed by atoms with Crippen molar-refractivity contribution in [1.29, 1.82) is 0 Å². The lowest BCUT2D eigenvalue weighted by Gasteiger charge is -2.31. The molecule has 1 aliphatic rings. The number of amides is 2. The molecule has 1 atom stereocenters. The molecule has 0 saturated carbocycles. The number of alkyl carbamates (subject to hydrolysis) is 1. The van der Waals surface area contributed by atoms with E-state index >= 15 is 0 Å². The summed E-state index contributed by atoms with van der Waals surface area (Å²) in [5.74, 6) is 0. The minimum atomic E-state index is -0.524. The van der Waals surface area contributed by atoms with Crippen LogP contribution in [0.5, 0.6) is 0 Å². The molecule has 0 radical (unpaired) electrons. The van der Waals surface area contributed by atoms with Gasteiger partial charge in [-0.2, -0.15) is 5.10 Å². The van der Waals surface area contributed by atoms with Gasteiger partial charge in [-0.3, -0.25) is 14.9 Å². The summed E-state index contributed by atoms with van der Waals surface area (Å²) in [6.07, 6.45) is 4.17. The number of rotatable bonds is 6. The predicted octanol–water partition coefficient (Wildman–Crippen LogP) is 0.953. The average molecular weight is 365 g/mol. The second-order valence-electron chi connectivity index (χ2n) is 7.34. The number of nitrogens with zero attached hydrogens (tertiary/aromatic N) is 4. The third-order valence-electron chi connectivity index (χ3n) is 3.75. The van der Waals surface area contributed by atoms with E-state index in [4.69, 9.17) is 4.74 Å². The van der Waals surface area contributed by atoms with Crippen LogP contribution in [0.1, 0.15) is 26.5 Å². The Labute approximate surface area is 153 Å². The molecule has 144 valence electrons. The Morgan fingerprint density at radius 1 is 1.54 bits per heavy atom. The summed E-state index contributed by atoms with van der Waals surface area (Å²) in [4.78, 5) is 24.4. The van der Waals surface area contributed by atoms with Crippen LogP contribution >= 0.6 is 0 Å². The van der Waals surface area contributed by atoms with E-state index in [1.807, 2.05) is 51.1 Å². The number of hydrogen-bond donors (Lipinski definition) is 2. The number of carbonyl (C=O) groups is 2. The fourth-order valence-electron chi connectivity index (χ4n) is 2.64. The minimum absolute atomic E-state index is 0.398. The summed E-state index contributed by atoms with van der Waals surface area (Å²) < 4.78 is 6.91. The largest absolute Gasteiger partial charge is 0.444 e. The number of aromatic nitrogens is 2. The Morgan fingerprint density at radius 3 is 2.92 bits per heavy atom. The Hall–Kier alpha value is -2.39. The van der Waals surface area contributed by atoms with Gasteiger partial charge in [0.1, 0.15) is 5.60 Å². The molecule has 2 N–H and O–H groups in total. The second-order valence-corrected chi connectivity index (χ2v) is 7.34. The number of likely N-dealkylation sites (N-methyl/N-ethyl adjacent to an activating group) is 1. The molecule has 0 bridgehead atoms. The third kappa shape index (κ3) is 5.85. The van der Waals surface area contributed by atoms with Crippen molar-refractivity contribution in [3.8, 4) is 0 Å². The SMILES string of the molecule is CN1CC(n2ccc(CCNC(=O)OC(C)(C)C)n2)=CC(N(O)C=O)C1. The summed E-state index contributed by atoms with van der Waals surface area (Å²) in [5.41, 5.74) is 1.17. The van der Waals surface area contributed by atoms with E-state index in [0.29, 0.717) is 37.5 Å². The lowest BCUT2D eigenvalue weighted by atomic mass is 10.1. The van der Waals surface area contributed by atoms with Gasteiger partial charge < -0.3 is 10.1 Å². The zero-order valence-electron chi connectivity index (χ0n) is 15.7. The van der Waals surface area contributed by atoms with Crippen molar-refractivity contribution in [1.82, 2.24) is 25.1 Å². The molecule has 2 amide bonds. The maximum atomic E-state index is 11.6. The highest BCUT2D eigenvalue weighted by Crippen LogP contribution is 2.16. The van der Waals surface area contributed by atoms with Gasteiger partial charge in [-0.05, 0) is 40.0 Å². The normalized spacial score (nSPS) is 18.2. The molecule has 2 heterocycles. The number of hydrogen-bond acceptors (Lipinski definition) is 6. The van der Waals surface area contributed by atoms with E-state index in [-0.39, 0.29) is 0 Å². The molecule has 1 aromatic rings. The number of nitrogens with one attached hydrogen (secondary N) is 1. The lowest BCUT2D eigenvalue weighted by molar-refractivity contribution is -0.157. The molecule has 0 aromatic carbocycles. The topological polar surface area (TPSA) is 99.9 Å². The Morgan fingerprint density at radius 2 is 2.27 bits per heavy atom. The zero-order chi connectivity index (χ0) is 19.3. The van der Waals surface area contributed by atoms with Crippen molar-refractivity contribution < 1.29 is 19.5 Å². The van der Waals surface area contributed by atoms with Gasteiger partial charge in [0, 0.05) is 32.3 Å². The van der Waals surface area contributed by atoms with Gasteiger partial charge >= 0.3 is 6.09 Å². The van der Waals surface area contributed by atoms with Crippen molar-refractivity contribution in [2.75, 3.05) is 26.7 Å². The van der Waals surface area contributed by atoms with Crippen LogP contribution in [0.15, 0.2) is 18.3 Å². The molecule has 1 aromatic heterocycles. The Balaban J connectivity index is 1.93. The monoisotopic (exact) mass is 365 g/mol. The van der Waals surface area contributed by atoms with Crippen molar-refractivity contribution in [3.63, 3.8) is 0 Å². The van der Waals surface area contributed by atoms with E-state index in [2.05, 4.69) is 10.4 Å². The molecule has 0 saturated heterocycles. The van der Waals surface area contributed by atoms with Crippen LogP contribution in [-0.2, 0) is 16.0 Å². The summed E-state index contributed by atoms with van der Waals surface area (Å²) in [6.45, 7) is 7.06. The summed E-state index contributed by atoms with van der Waals surface area (Å²) in [5, 5.41) is 17.5. The van der Waals surface area contributed by atoms with Gasteiger partial charge in [0.05, 0.1) is 17.4 Å². The number of ether oxygens (including phenoxy) is 1. The minimum Gasteiger partial charge on any atom is -0.444 e. The predicted molar refractivity (Wildman–Crippen MR) is 95.4 cm³/mol. The van der Waals surface area contributed by atoms with Gasteiger partial charge in [-0.25, -0.2) is 14.5 Å². The fourth-order valence-corrected chi connectivity index (χ4v) is 2.64. The van der Waals surface area contributed by atoms with Crippen LogP contribution in [-0.4, -0.2) is 75.8 Å². The van der Waals surface area contributed by atoms with E-state index in [0.717, 1.165) is 11.4 Å². The molecular formula is C17H27N5O4. The van der Waals surface area contributed by atoms with Crippen LogP contribution in [0, 0.1) is 0 Å². The fraction of sp³-hybridized carbons (Fsp3) is 0.588. The number of hydroxylamine groups is 2. The smallest absolute Gasteiger partial charge is 0.407 e. The van der Waals surface area contributed by atoms with Gasteiger partial charge in [0.25, 0.3) is 0 Å². The van der Waals surface area contributed by atoms with Gasteiger partial charge in [0.15, 0.2) is 0 Å². The summed E-state index contributed by atoms with van der Waals surface area (Å²) in [7, 11) is 1.91. The highest BCUT2D eigenvalue weighted by molar-refractivity contribution is 5.67. The van der Waals surface area contributed by atoms with Crippen LogP contribution in [0.3, 0.4) is 0 Å². The van der Waals surface area contributed by atoms with Crippen molar-refractivity contribution >= 4 is 18.2 Å². The van der Waals surface area contributed by atoms with Crippen LogP contribution < -0.4 is 5.32 Å². The van der Waals surface area contributed by atoms with E-state index in [9.17, 15) is 14.8 Å². The van der Waals surface area contributed by atoms with Crippen LogP contribution in [0.2, 0.25) is 0 Å². The molecule has 0 fully saturated rings. The highest BCUT2D eigenvalue weighted by Gasteiger charge is 2.23. The van der Waals surface area contributed by atoms with Crippen molar-refractivity contribution in [2.45, 2.75) is 38.8 Å². The standard InChI is InChI=1S/C17H27N5O4/c1-17(2,3)26-16(24)18-7-5-13-6-8-21(19-13)14-9-15(22(25)12-23)11-20(4)10-14/h6,8-9,12,15,25H,5,7,10-11H2,1-4H3,(H,18,24). The first kappa shape index (κ1) is 19.9. The maximum absolute atomic E-state index is 11.6. The average Bonchev–Trinajstić information content (AvgIpc) is 3.00. The van der Waals surface area contributed by atoms with E-state index in [1.54, 1.807) is 4.68 Å². The Kier molecular flexibility index (Phi) is 6.38. The van der Waals surface area contributed by atoms with Crippen LogP contribution in [0.25, 0.3) is 5.70 Å². The molecule has 9 nitrogen and oxygen atoms in total. The molecule has 2 rings (SSSR count). The van der Waals surface area contributed by atoms with Crippen LogP contribution in [0.4, 0.5) is 4.79 Å².